The van der Waals surface area contributed by atoms with E-state index in [9.17, 15) is 4.39 Å². The summed E-state index contributed by atoms with van der Waals surface area (Å²) in [5, 5.41) is 0.169. The normalized spacial score (nSPS) is 12.5. The molecule has 0 aliphatic carbocycles. The molecule has 0 radical (unpaired) electrons. The van der Waals surface area contributed by atoms with Gasteiger partial charge in [0.25, 0.3) is 0 Å². The molecule has 2 aromatic rings. The lowest BCUT2D eigenvalue weighted by molar-refractivity contribution is 0.627. The topological polar surface area (TPSA) is 0 Å². The second-order valence-corrected chi connectivity index (χ2v) is 6.29. The molecule has 2 rings (SSSR count). The Morgan fingerprint density at radius 2 is 1.89 bits per heavy atom. The van der Waals surface area contributed by atoms with Crippen LogP contribution in [0.4, 0.5) is 4.39 Å². The third-order valence-electron chi connectivity index (χ3n) is 3.21. The molecule has 1 atom stereocenters. The van der Waals surface area contributed by atoms with Gasteiger partial charge >= 0.3 is 0 Å². The number of hydrogen-bond acceptors (Lipinski definition) is 0. The smallest absolute Gasteiger partial charge is 0.141 e. The summed E-state index contributed by atoms with van der Waals surface area (Å²) in [6.45, 7) is 4.19. The summed E-state index contributed by atoms with van der Waals surface area (Å²) < 4.78 is 13.2. The van der Waals surface area contributed by atoms with Crippen LogP contribution in [-0.4, -0.2) is 0 Å². The highest BCUT2D eigenvalue weighted by Gasteiger charge is 2.12. The van der Waals surface area contributed by atoms with Gasteiger partial charge in [-0.1, -0.05) is 57.4 Å². The van der Waals surface area contributed by atoms with Crippen molar-refractivity contribution in [2.75, 3.05) is 0 Å². The molecular weight excluding hydrogens is 327 g/mol. The molecule has 3 heteroatoms. The Labute approximate surface area is 126 Å². The van der Waals surface area contributed by atoms with E-state index >= 15 is 0 Å². The average molecular weight is 342 g/mol. The largest absolute Gasteiger partial charge is 0.205 e. The van der Waals surface area contributed by atoms with E-state index in [4.69, 9.17) is 11.6 Å². The first-order valence-corrected chi connectivity index (χ1v) is 7.42. The van der Waals surface area contributed by atoms with Crippen LogP contribution in [0.25, 0.3) is 0 Å². The van der Waals surface area contributed by atoms with Gasteiger partial charge in [0.05, 0.1) is 5.02 Å². The van der Waals surface area contributed by atoms with Gasteiger partial charge in [0.2, 0.25) is 0 Å². The van der Waals surface area contributed by atoms with Gasteiger partial charge in [-0.2, -0.15) is 0 Å². The van der Waals surface area contributed by atoms with Gasteiger partial charge in [-0.05, 0) is 49.1 Å². The first-order valence-electron chi connectivity index (χ1n) is 6.12. The third-order valence-corrected chi connectivity index (χ3v) is 4.35. The van der Waals surface area contributed by atoms with E-state index < -0.39 is 0 Å². The maximum absolute atomic E-state index is 13.2. The molecule has 0 fully saturated rings. The van der Waals surface area contributed by atoms with Crippen LogP contribution in [0.3, 0.4) is 0 Å². The van der Waals surface area contributed by atoms with Crippen molar-refractivity contribution >= 4 is 27.5 Å². The van der Waals surface area contributed by atoms with Crippen molar-refractivity contribution in [1.82, 2.24) is 0 Å². The first-order chi connectivity index (χ1) is 8.97. The van der Waals surface area contributed by atoms with Gasteiger partial charge in [0.1, 0.15) is 5.82 Å². The number of benzene rings is 2. The maximum atomic E-state index is 13.2. The zero-order valence-corrected chi connectivity index (χ0v) is 13.2. The highest BCUT2D eigenvalue weighted by atomic mass is 79.9. The minimum Gasteiger partial charge on any atom is -0.205 e. The maximum Gasteiger partial charge on any atom is 0.141 e. The van der Waals surface area contributed by atoms with Crippen LogP contribution >= 0.6 is 27.5 Å². The summed E-state index contributed by atoms with van der Waals surface area (Å²) in [5.74, 6) is -0.378. The Kier molecular flexibility index (Phi) is 4.64. The lowest BCUT2D eigenvalue weighted by Crippen LogP contribution is -1.98. The summed E-state index contributed by atoms with van der Waals surface area (Å²) >= 11 is 9.48. The van der Waals surface area contributed by atoms with Crippen LogP contribution in [0.15, 0.2) is 36.4 Å². The molecule has 0 amide bonds. The van der Waals surface area contributed by atoms with Crippen molar-refractivity contribution in [2.45, 2.75) is 25.1 Å². The number of halogens is 3. The van der Waals surface area contributed by atoms with E-state index in [1.54, 1.807) is 12.1 Å². The number of alkyl halides is 1. The minimum absolute atomic E-state index is 0.131. The average Bonchev–Trinajstić information content (AvgIpc) is 2.37. The second kappa shape index (κ2) is 6.06. The zero-order chi connectivity index (χ0) is 14.0. The van der Waals surface area contributed by atoms with Crippen LogP contribution in [0, 0.1) is 19.7 Å². The second-order valence-electron chi connectivity index (χ2n) is 4.78. The van der Waals surface area contributed by atoms with Gasteiger partial charge in [-0.15, -0.1) is 0 Å². The third kappa shape index (κ3) is 3.58. The van der Waals surface area contributed by atoms with Crippen LogP contribution in [0.2, 0.25) is 5.02 Å². The van der Waals surface area contributed by atoms with Crippen molar-refractivity contribution in [2.24, 2.45) is 0 Å². The Morgan fingerprint density at radius 3 is 2.58 bits per heavy atom. The van der Waals surface area contributed by atoms with Crippen molar-refractivity contribution < 1.29 is 4.39 Å². The summed E-state index contributed by atoms with van der Waals surface area (Å²) in [6.07, 6.45) is 0.857. The molecule has 0 heterocycles. The lowest BCUT2D eigenvalue weighted by atomic mass is 9.98. The van der Waals surface area contributed by atoms with Gasteiger partial charge in [0.15, 0.2) is 0 Å². The summed E-state index contributed by atoms with van der Waals surface area (Å²) in [4.78, 5) is 0.131. The Bertz CT molecular complexity index is 595. The molecule has 1 unspecified atom stereocenters. The molecule has 2 aromatic carbocycles. The Morgan fingerprint density at radius 1 is 1.16 bits per heavy atom. The van der Waals surface area contributed by atoms with Crippen LogP contribution in [0.5, 0.6) is 0 Å². The molecule has 0 N–H and O–H groups in total. The fourth-order valence-corrected chi connectivity index (χ4v) is 2.86. The van der Waals surface area contributed by atoms with E-state index in [1.807, 2.05) is 0 Å². The Balaban J connectivity index is 2.22. The number of aryl methyl sites for hydroxylation is 2. The lowest BCUT2D eigenvalue weighted by Gasteiger charge is -2.13. The summed E-state index contributed by atoms with van der Waals surface area (Å²) in [7, 11) is 0. The fraction of sp³-hybridized carbons (Fsp3) is 0.250. The van der Waals surface area contributed by atoms with Crippen LogP contribution < -0.4 is 0 Å². The molecule has 100 valence electrons. The standard InChI is InChI=1S/C16H15BrClF/c1-10-3-4-11(2)13(7-10)8-14(17)12-5-6-16(19)15(18)9-12/h3-7,9,14H,8H2,1-2H3. The number of rotatable bonds is 3. The molecule has 0 nitrogen and oxygen atoms in total. The molecular formula is C16H15BrClF. The van der Waals surface area contributed by atoms with E-state index in [0.29, 0.717) is 0 Å². The predicted octanol–water partition coefficient (Wildman–Crippen LogP) is 5.77. The van der Waals surface area contributed by atoms with E-state index in [1.165, 1.54) is 22.8 Å². The van der Waals surface area contributed by atoms with Crippen molar-refractivity contribution in [3.05, 3.63) is 69.5 Å². The van der Waals surface area contributed by atoms with E-state index in [-0.39, 0.29) is 15.7 Å². The van der Waals surface area contributed by atoms with Gasteiger partial charge in [-0.3, -0.25) is 0 Å². The fourth-order valence-electron chi connectivity index (χ4n) is 2.04. The van der Waals surface area contributed by atoms with Crippen LogP contribution in [0.1, 0.15) is 27.1 Å². The first kappa shape index (κ1) is 14.5. The molecule has 0 bridgehead atoms. The monoisotopic (exact) mass is 340 g/mol. The highest BCUT2D eigenvalue weighted by molar-refractivity contribution is 9.09. The van der Waals surface area contributed by atoms with Gasteiger partial charge in [0, 0.05) is 4.83 Å². The van der Waals surface area contributed by atoms with Gasteiger partial charge < -0.3 is 0 Å². The minimum atomic E-state index is -0.378. The number of hydrogen-bond donors (Lipinski definition) is 0. The summed E-state index contributed by atoms with van der Waals surface area (Å²) in [5.41, 5.74) is 4.80. The molecule has 0 saturated carbocycles. The van der Waals surface area contributed by atoms with Crippen LogP contribution in [-0.2, 0) is 6.42 Å². The van der Waals surface area contributed by atoms with E-state index in [0.717, 1.165) is 12.0 Å². The Hall–Kier alpha value is -0.860. The van der Waals surface area contributed by atoms with E-state index in [2.05, 4.69) is 48.0 Å². The molecule has 19 heavy (non-hydrogen) atoms. The summed E-state index contributed by atoms with van der Waals surface area (Å²) in [6, 6.07) is 11.3. The predicted molar refractivity (Wildman–Crippen MR) is 82.7 cm³/mol. The molecule has 0 aliphatic heterocycles. The highest BCUT2D eigenvalue weighted by Crippen LogP contribution is 2.30. The quantitative estimate of drug-likeness (QED) is 0.621. The van der Waals surface area contributed by atoms with Crippen molar-refractivity contribution in [3.8, 4) is 0 Å². The molecule has 0 saturated heterocycles. The zero-order valence-electron chi connectivity index (χ0n) is 10.9. The molecule has 0 aliphatic rings. The van der Waals surface area contributed by atoms with Gasteiger partial charge in [-0.25, -0.2) is 4.39 Å². The van der Waals surface area contributed by atoms with Crippen molar-refractivity contribution in [1.29, 1.82) is 0 Å². The SMILES string of the molecule is Cc1ccc(C)c(CC(Br)c2ccc(F)c(Cl)c2)c1. The molecule has 0 aromatic heterocycles. The molecule has 0 spiro atoms. The van der Waals surface area contributed by atoms with Crippen molar-refractivity contribution in [3.63, 3.8) is 0 Å².